The van der Waals surface area contributed by atoms with Crippen LogP contribution in [0.4, 0.5) is 11.5 Å². The van der Waals surface area contributed by atoms with E-state index in [1.54, 1.807) is 4.90 Å². The quantitative estimate of drug-likeness (QED) is 0.579. The minimum absolute atomic E-state index is 0.0898. The number of hydrogen-bond donors (Lipinski definition) is 0. The third-order valence-corrected chi connectivity index (χ3v) is 6.76. The molecule has 0 radical (unpaired) electrons. The van der Waals surface area contributed by atoms with Gasteiger partial charge in [0.15, 0.2) is 11.5 Å². The number of carbonyl (C=O) groups excluding carboxylic acids is 1. The lowest BCUT2D eigenvalue weighted by molar-refractivity contribution is 0.0300. The monoisotopic (exact) mass is 471 g/mol. The molecule has 32 heavy (non-hydrogen) atoms. The van der Waals surface area contributed by atoms with Gasteiger partial charge in [-0.3, -0.25) is 4.79 Å². The zero-order valence-corrected chi connectivity index (χ0v) is 19.0. The van der Waals surface area contributed by atoms with Gasteiger partial charge in [0.05, 0.1) is 23.3 Å². The maximum Gasteiger partial charge on any atom is 0.275 e. The van der Waals surface area contributed by atoms with Crippen molar-refractivity contribution in [3.05, 3.63) is 58.2 Å². The Kier molecular flexibility index (Phi) is 6.04. The van der Waals surface area contributed by atoms with E-state index in [1.807, 2.05) is 42.5 Å². The normalized spacial score (nSPS) is 17.1. The summed E-state index contributed by atoms with van der Waals surface area (Å²) in [6.45, 7) is 5.48. The number of benzene rings is 2. The largest absolute Gasteiger partial charge is 0.378 e. The van der Waals surface area contributed by atoms with E-state index in [4.69, 9.17) is 27.9 Å². The van der Waals surface area contributed by atoms with Crippen molar-refractivity contribution in [3.63, 3.8) is 0 Å². The fourth-order valence-electron chi connectivity index (χ4n) is 4.26. The molecule has 0 N–H and O–H groups in total. The molecule has 0 saturated carbocycles. The minimum atomic E-state index is -0.0898. The van der Waals surface area contributed by atoms with Crippen molar-refractivity contribution >= 4 is 51.4 Å². The first-order valence-electron chi connectivity index (χ1n) is 10.7. The average molecular weight is 472 g/mol. The highest BCUT2D eigenvalue weighted by Crippen LogP contribution is 2.30. The number of aromatic nitrogens is 2. The van der Waals surface area contributed by atoms with Crippen LogP contribution in [0.2, 0.25) is 10.0 Å². The van der Waals surface area contributed by atoms with Gasteiger partial charge in [-0.15, -0.1) is 10.2 Å². The van der Waals surface area contributed by atoms with Crippen LogP contribution in [0.3, 0.4) is 0 Å². The van der Waals surface area contributed by atoms with E-state index < -0.39 is 0 Å². The van der Waals surface area contributed by atoms with Crippen LogP contribution in [-0.4, -0.2) is 73.5 Å². The Morgan fingerprint density at radius 1 is 0.812 bits per heavy atom. The first kappa shape index (κ1) is 21.2. The highest BCUT2D eigenvalue weighted by molar-refractivity contribution is 6.42. The molecule has 5 rings (SSSR count). The van der Waals surface area contributed by atoms with Gasteiger partial charge in [0.1, 0.15) is 0 Å². The number of hydrogen-bond acceptors (Lipinski definition) is 6. The second-order valence-corrected chi connectivity index (χ2v) is 8.71. The molecule has 2 aromatic carbocycles. The topological polar surface area (TPSA) is 61.8 Å². The lowest BCUT2D eigenvalue weighted by Crippen LogP contribution is -2.47. The molecule has 2 aliphatic rings. The number of ether oxygens (including phenoxy) is 1. The molecule has 0 unspecified atom stereocenters. The van der Waals surface area contributed by atoms with Gasteiger partial charge >= 0.3 is 0 Å². The van der Waals surface area contributed by atoms with Crippen molar-refractivity contribution in [2.45, 2.75) is 0 Å². The number of piperazine rings is 1. The second kappa shape index (κ2) is 9.10. The number of carbonyl (C=O) groups is 1. The molecule has 9 heteroatoms. The molecule has 7 nitrogen and oxygen atoms in total. The standard InChI is InChI=1S/C23H23Cl2N5O2/c24-19-6-5-16(15-20(19)25)28-7-9-29(10-8-28)22-18-4-2-1-3-17(18)21(26-27-22)23(31)30-11-13-32-14-12-30/h1-6,15H,7-14H2. The molecule has 2 aliphatic heterocycles. The number of anilines is 2. The van der Waals surface area contributed by atoms with Gasteiger partial charge < -0.3 is 19.4 Å². The number of nitrogens with zero attached hydrogens (tertiary/aromatic N) is 5. The van der Waals surface area contributed by atoms with Crippen LogP contribution in [-0.2, 0) is 4.74 Å². The molecule has 0 aliphatic carbocycles. The van der Waals surface area contributed by atoms with Crippen molar-refractivity contribution < 1.29 is 9.53 Å². The summed E-state index contributed by atoms with van der Waals surface area (Å²) >= 11 is 12.2. The molecule has 2 fully saturated rings. The van der Waals surface area contributed by atoms with Crippen molar-refractivity contribution in [3.8, 4) is 0 Å². The Morgan fingerprint density at radius 3 is 2.22 bits per heavy atom. The Morgan fingerprint density at radius 2 is 1.50 bits per heavy atom. The van der Waals surface area contributed by atoms with Crippen LogP contribution >= 0.6 is 23.2 Å². The summed E-state index contributed by atoms with van der Waals surface area (Å²) in [4.78, 5) is 19.4. The number of amides is 1. The predicted molar refractivity (Wildman–Crippen MR) is 127 cm³/mol. The van der Waals surface area contributed by atoms with Crippen LogP contribution in [0.15, 0.2) is 42.5 Å². The Bertz CT molecular complexity index is 1140. The summed E-state index contributed by atoms with van der Waals surface area (Å²) in [5, 5.41) is 11.8. The molecule has 0 spiro atoms. The van der Waals surface area contributed by atoms with Gasteiger partial charge in [-0.05, 0) is 18.2 Å². The van der Waals surface area contributed by atoms with Gasteiger partial charge in [-0.2, -0.15) is 0 Å². The zero-order chi connectivity index (χ0) is 22.1. The van der Waals surface area contributed by atoms with E-state index in [9.17, 15) is 4.79 Å². The Hall–Kier alpha value is -2.61. The lowest BCUT2D eigenvalue weighted by Gasteiger charge is -2.37. The van der Waals surface area contributed by atoms with Crippen LogP contribution in [0.1, 0.15) is 10.5 Å². The number of halogens is 2. The zero-order valence-electron chi connectivity index (χ0n) is 17.5. The molecule has 1 amide bonds. The number of fused-ring (bicyclic) bond motifs is 1. The number of rotatable bonds is 3. The van der Waals surface area contributed by atoms with Crippen LogP contribution in [0, 0.1) is 0 Å². The molecule has 2 saturated heterocycles. The summed E-state index contributed by atoms with van der Waals surface area (Å²) in [7, 11) is 0. The van der Waals surface area contributed by atoms with Crippen molar-refractivity contribution in [2.24, 2.45) is 0 Å². The van der Waals surface area contributed by atoms with Gasteiger partial charge in [-0.1, -0.05) is 47.5 Å². The van der Waals surface area contributed by atoms with Gasteiger partial charge in [-0.25, -0.2) is 0 Å². The summed E-state index contributed by atoms with van der Waals surface area (Å²) < 4.78 is 5.37. The molecular formula is C23H23Cl2N5O2. The lowest BCUT2D eigenvalue weighted by atomic mass is 10.1. The SMILES string of the molecule is O=C(c1nnc(N2CCN(c3ccc(Cl)c(Cl)c3)CC2)c2ccccc12)N1CCOCC1. The Balaban J connectivity index is 1.38. The van der Waals surface area contributed by atoms with Gasteiger partial charge in [0.25, 0.3) is 5.91 Å². The third kappa shape index (κ3) is 4.08. The minimum Gasteiger partial charge on any atom is -0.378 e. The molecule has 3 heterocycles. The van der Waals surface area contributed by atoms with E-state index >= 15 is 0 Å². The second-order valence-electron chi connectivity index (χ2n) is 7.89. The molecular weight excluding hydrogens is 449 g/mol. The smallest absolute Gasteiger partial charge is 0.275 e. The fraction of sp³-hybridized carbons (Fsp3) is 0.348. The van der Waals surface area contributed by atoms with Gasteiger partial charge in [0.2, 0.25) is 0 Å². The molecule has 166 valence electrons. The summed E-state index contributed by atoms with van der Waals surface area (Å²) in [6.07, 6.45) is 0. The van der Waals surface area contributed by atoms with Crippen molar-refractivity contribution in [1.29, 1.82) is 0 Å². The van der Waals surface area contributed by atoms with E-state index in [0.717, 1.165) is 48.5 Å². The van der Waals surface area contributed by atoms with E-state index in [0.29, 0.717) is 42.0 Å². The maximum absolute atomic E-state index is 13.1. The predicted octanol–water partition coefficient (Wildman–Crippen LogP) is 3.74. The number of morpholine rings is 1. The maximum atomic E-state index is 13.1. The molecule has 0 bridgehead atoms. The van der Waals surface area contributed by atoms with Crippen LogP contribution in [0.5, 0.6) is 0 Å². The molecule has 3 aromatic rings. The molecule has 1 aromatic heterocycles. The van der Waals surface area contributed by atoms with Crippen LogP contribution in [0.25, 0.3) is 10.8 Å². The molecule has 0 atom stereocenters. The third-order valence-electron chi connectivity index (χ3n) is 6.02. The highest BCUT2D eigenvalue weighted by Gasteiger charge is 2.26. The van der Waals surface area contributed by atoms with E-state index in [-0.39, 0.29) is 5.91 Å². The van der Waals surface area contributed by atoms with Crippen LogP contribution < -0.4 is 9.80 Å². The summed E-state index contributed by atoms with van der Waals surface area (Å²) in [6, 6.07) is 13.6. The van der Waals surface area contributed by atoms with Gasteiger partial charge in [0, 0.05) is 55.7 Å². The fourth-order valence-corrected chi connectivity index (χ4v) is 4.55. The summed E-state index contributed by atoms with van der Waals surface area (Å²) in [5.41, 5.74) is 1.46. The highest BCUT2D eigenvalue weighted by atomic mass is 35.5. The van der Waals surface area contributed by atoms with Crippen molar-refractivity contribution in [1.82, 2.24) is 15.1 Å². The van der Waals surface area contributed by atoms with E-state index in [1.165, 1.54) is 0 Å². The first-order valence-corrected chi connectivity index (χ1v) is 11.4. The summed E-state index contributed by atoms with van der Waals surface area (Å²) in [5.74, 6) is 0.723. The average Bonchev–Trinajstić information content (AvgIpc) is 2.85. The van der Waals surface area contributed by atoms with Crippen molar-refractivity contribution in [2.75, 3.05) is 62.3 Å². The van der Waals surface area contributed by atoms with E-state index in [2.05, 4.69) is 20.0 Å². The first-order chi connectivity index (χ1) is 15.6. The Labute approximate surface area is 196 Å².